The minimum Gasteiger partial charge on any atom is -0.393 e. The first-order chi connectivity index (χ1) is 5.15. The van der Waals surface area contributed by atoms with E-state index < -0.39 is 19.1 Å². The second-order valence-corrected chi connectivity index (χ2v) is 5.61. The molecule has 0 aromatic heterocycles. The molecule has 4 nitrogen and oxygen atoms in total. The van der Waals surface area contributed by atoms with Crippen molar-refractivity contribution in [2.75, 3.05) is 13.3 Å². The molecular weight excluding hydrogens is 179 g/mol. The van der Waals surface area contributed by atoms with E-state index in [0.29, 0.717) is 0 Å². The van der Waals surface area contributed by atoms with Gasteiger partial charge in [0.2, 0.25) is 0 Å². The highest BCUT2D eigenvalue weighted by atomic mass is 31.2. The number of hydrogen-bond acceptors (Lipinski definition) is 3. The zero-order valence-electron chi connectivity index (χ0n) is 7.94. The summed E-state index contributed by atoms with van der Waals surface area (Å²) in [6.45, 7) is 6.38. The molecule has 0 aromatic carbocycles. The van der Waals surface area contributed by atoms with Crippen LogP contribution in [0.25, 0.3) is 0 Å². The Morgan fingerprint density at radius 3 is 2.25 bits per heavy atom. The maximum atomic E-state index is 10.7. The van der Waals surface area contributed by atoms with E-state index in [9.17, 15) is 9.67 Å². The molecule has 0 aliphatic carbocycles. The SMILES string of the molecule is CC(O)C(C)(C)COP(C)(=O)O. The summed E-state index contributed by atoms with van der Waals surface area (Å²) in [5.74, 6) is 0. The summed E-state index contributed by atoms with van der Waals surface area (Å²) in [7, 11) is -3.41. The van der Waals surface area contributed by atoms with Crippen LogP contribution >= 0.6 is 7.60 Å². The van der Waals surface area contributed by atoms with Gasteiger partial charge in [0.25, 0.3) is 0 Å². The normalized spacial score (nSPS) is 20.2. The van der Waals surface area contributed by atoms with Gasteiger partial charge in [-0.3, -0.25) is 4.57 Å². The van der Waals surface area contributed by atoms with E-state index in [1.807, 2.05) is 0 Å². The van der Waals surface area contributed by atoms with Crippen LogP contribution in [0.15, 0.2) is 0 Å². The van der Waals surface area contributed by atoms with Crippen LogP contribution in [-0.4, -0.2) is 29.4 Å². The van der Waals surface area contributed by atoms with Crippen LogP contribution in [0.5, 0.6) is 0 Å². The molecule has 0 aliphatic heterocycles. The standard InChI is InChI=1S/C7H17O4P/c1-6(8)7(2,3)5-11-12(4,9)10/h6,8H,5H2,1-4H3,(H,9,10). The lowest BCUT2D eigenvalue weighted by molar-refractivity contribution is 0.0258. The molecule has 0 spiro atoms. The quantitative estimate of drug-likeness (QED) is 0.663. The highest BCUT2D eigenvalue weighted by Crippen LogP contribution is 2.39. The van der Waals surface area contributed by atoms with Gasteiger partial charge >= 0.3 is 7.60 Å². The summed E-state index contributed by atoms with van der Waals surface area (Å²) in [5, 5.41) is 9.23. The summed E-state index contributed by atoms with van der Waals surface area (Å²) >= 11 is 0. The molecule has 2 N–H and O–H groups in total. The fourth-order valence-electron chi connectivity index (χ4n) is 0.407. The van der Waals surface area contributed by atoms with Crippen molar-refractivity contribution < 1.29 is 19.1 Å². The highest BCUT2D eigenvalue weighted by Gasteiger charge is 2.27. The Bertz CT molecular complexity index is 182. The maximum Gasteiger partial charge on any atom is 0.325 e. The number of aliphatic hydroxyl groups is 1. The predicted octanol–water partition coefficient (Wildman–Crippen LogP) is 1.23. The Kier molecular flexibility index (Phi) is 3.91. The molecule has 0 fully saturated rings. The van der Waals surface area contributed by atoms with Crippen LogP contribution in [0.2, 0.25) is 0 Å². The van der Waals surface area contributed by atoms with Gasteiger partial charge in [-0.2, -0.15) is 0 Å². The van der Waals surface area contributed by atoms with Gasteiger partial charge in [-0.1, -0.05) is 13.8 Å². The first-order valence-corrected chi connectivity index (χ1v) is 5.80. The van der Waals surface area contributed by atoms with Gasteiger partial charge in [0, 0.05) is 12.1 Å². The third-order valence-corrected chi connectivity index (χ3v) is 2.42. The molecule has 12 heavy (non-hydrogen) atoms. The first-order valence-electron chi connectivity index (χ1n) is 3.78. The third kappa shape index (κ3) is 4.88. The average molecular weight is 196 g/mol. The van der Waals surface area contributed by atoms with E-state index in [1.165, 1.54) is 0 Å². The summed E-state index contributed by atoms with van der Waals surface area (Å²) < 4.78 is 15.4. The maximum absolute atomic E-state index is 10.7. The van der Waals surface area contributed by atoms with Crippen LogP contribution < -0.4 is 0 Å². The molecule has 0 amide bonds. The highest BCUT2D eigenvalue weighted by molar-refractivity contribution is 7.51. The van der Waals surface area contributed by atoms with Crippen LogP contribution in [0.1, 0.15) is 20.8 Å². The molecule has 5 heteroatoms. The molecule has 2 atom stereocenters. The smallest absolute Gasteiger partial charge is 0.325 e. The van der Waals surface area contributed by atoms with Crippen molar-refractivity contribution in [2.24, 2.45) is 5.41 Å². The zero-order valence-corrected chi connectivity index (χ0v) is 8.84. The third-order valence-electron chi connectivity index (χ3n) is 1.81. The van der Waals surface area contributed by atoms with Crippen molar-refractivity contribution in [3.63, 3.8) is 0 Å². The second-order valence-electron chi connectivity index (χ2n) is 3.74. The molecule has 0 aromatic rings. The fraction of sp³-hybridized carbons (Fsp3) is 1.00. The molecule has 2 unspecified atom stereocenters. The topological polar surface area (TPSA) is 66.8 Å². The largest absolute Gasteiger partial charge is 0.393 e. The lowest BCUT2D eigenvalue weighted by Gasteiger charge is -2.27. The summed E-state index contributed by atoms with van der Waals surface area (Å²) in [4.78, 5) is 8.81. The second kappa shape index (κ2) is 3.88. The van der Waals surface area contributed by atoms with E-state index >= 15 is 0 Å². The molecule has 0 heterocycles. The fourth-order valence-corrected chi connectivity index (χ4v) is 0.979. The number of hydrogen-bond donors (Lipinski definition) is 2. The molecule has 0 saturated carbocycles. The zero-order chi connectivity index (χ0) is 9.99. The number of aliphatic hydroxyl groups excluding tert-OH is 1. The molecular formula is C7H17O4P. The van der Waals surface area contributed by atoms with Crippen LogP contribution in [0.3, 0.4) is 0 Å². The van der Waals surface area contributed by atoms with Gasteiger partial charge in [-0.25, -0.2) is 0 Å². The van der Waals surface area contributed by atoms with Gasteiger partial charge in [0.15, 0.2) is 0 Å². The first kappa shape index (κ1) is 12.1. The Morgan fingerprint density at radius 1 is 1.58 bits per heavy atom. The van der Waals surface area contributed by atoms with Gasteiger partial charge in [0.1, 0.15) is 0 Å². The predicted molar refractivity (Wildman–Crippen MR) is 47.2 cm³/mol. The van der Waals surface area contributed by atoms with Crippen LogP contribution in [0.4, 0.5) is 0 Å². The van der Waals surface area contributed by atoms with E-state index in [4.69, 9.17) is 9.42 Å². The van der Waals surface area contributed by atoms with Gasteiger partial charge < -0.3 is 14.5 Å². The lowest BCUT2D eigenvalue weighted by Crippen LogP contribution is -2.31. The summed E-state index contributed by atoms with van der Waals surface area (Å²) in [6, 6.07) is 0. The van der Waals surface area contributed by atoms with Crippen molar-refractivity contribution in [3.05, 3.63) is 0 Å². The molecule has 0 rings (SSSR count). The monoisotopic (exact) mass is 196 g/mol. The van der Waals surface area contributed by atoms with E-state index in [0.717, 1.165) is 6.66 Å². The summed E-state index contributed by atoms with van der Waals surface area (Å²) in [6.07, 6.45) is -0.566. The number of rotatable bonds is 4. The van der Waals surface area contributed by atoms with Gasteiger partial charge in [-0.05, 0) is 6.92 Å². The van der Waals surface area contributed by atoms with E-state index in [-0.39, 0.29) is 6.61 Å². The van der Waals surface area contributed by atoms with Crippen molar-refractivity contribution in [1.29, 1.82) is 0 Å². The lowest BCUT2D eigenvalue weighted by atomic mass is 9.89. The molecule has 0 saturated heterocycles. The van der Waals surface area contributed by atoms with Crippen molar-refractivity contribution in [3.8, 4) is 0 Å². The minimum absolute atomic E-state index is 0.0783. The molecule has 0 aliphatic rings. The van der Waals surface area contributed by atoms with E-state index in [1.54, 1.807) is 20.8 Å². The minimum atomic E-state index is -3.41. The van der Waals surface area contributed by atoms with Gasteiger partial charge in [-0.15, -0.1) is 0 Å². The van der Waals surface area contributed by atoms with Crippen molar-refractivity contribution >= 4 is 7.60 Å². The molecule has 0 bridgehead atoms. The van der Waals surface area contributed by atoms with Crippen molar-refractivity contribution in [1.82, 2.24) is 0 Å². The van der Waals surface area contributed by atoms with Crippen molar-refractivity contribution in [2.45, 2.75) is 26.9 Å². The van der Waals surface area contributed by atoms with Crippen LogP contribution in [-0.2, 0) is 9.09 Å². The average Bonchev–Trinajstić information content (AvgIpc) is 1.82. The van der Waals surface area contributed by atoms with E-state index in [2.05, 4.69) is 0 Å². The summed E-state index contributed by atoms with van der Waals surface area (Å²) in [5.41, 5.74) is -0.492. The Hall–Kier alpha value is 0.110. The molecule has 74 valence electrons. The Morgan fingerprint density at radius 2 is 2.00 bits per heavy atom. The van der Waals surface area contributed by atoms with Crippen LogP contribution in [0, 0.1) is 5.41 Å². The Balaban J connectivity index is 4.01. The molecule has 0 radical (unpaired) electrons. The van der Waals surface area contributed by atoms with Gasteiger partial charge in [0.05, 0.1) is 12.7 Å². The Labute approximate surface area is 73.1 Å².